The van der Waals surface area contributed by atoms with E-state index in [9.17, 15) is 9.59 Å². The highest BCUT2D eigenvalue weighted by molar-refractivity contribution is 6.33. The molecule has 0 unspecified atom stereocenters. The molecule has 2 aromatic carbocycles. The van der Waals surface area contributed by atoms with E-state index in [-0.39, 0.29) is 11.8 Å². The normalized spacial score (nSPS) is 20.2. The second-order valence-corrected chi connectivity index (χ2v) is 7.49. The van der Waals surface area contributed by atoms with Crippen molar-refractivity contribution in [3.8, 4) is 0 Å². The molecule has 152 valence electrons. The van der Waals surface area contributed by atoms with Crippen LogP contribution in [-0.2, 0) is 14.3 Å². The number of carbonyl (C=O) groups excluding carboxylic acids is 2. The van der Waals surface area contributed by atoms with Gasteiger partial charge in [-0.15, -0.1) is 0 Å². The van der Waals surface area contributed by atoms with Crippen molar-refractivity contribution in [2.45, 2.75) is 0 Å². The molecule has 0 radical (unpaired) electrons. The molecule has 3 aliphatic heterocycles. The van der Waals surface area contributed by atoms with Crippen molar-refractivity contribution in [1.82, 2.24) is 4.90 Å². The van der Waals surface area contributed by atoms with E-state index in [0.29, 0.717) is 25.3 Å². The van der Waals surface area contributed by atoms with Gasteiger partial charge >= 0.3 is 0 Å². The van der Waals surface area contributed by atoms with Crippen LogP contribution in [0, 0.1) is 0 Å². The maximum absolute atomic E-state index is 12.5. The van der Waals surface area contributed by atoms with E-state index in [4.69, 9.17) is 4.74 Å². The number of hydrogen-bond acceptors (Lipinski definition) is 5. The summed E-state index contributed by atoms with van der Waals surface area (Å²) in [4.78, 5) is 26.9. The van der Waals surface area contributed by atoms with E-state index in [1.54, 1.807) is 0 Å². The van der Waals surface area contributed by atoms with E-state index in [1.807, 2.05) is 54.6 Å². The number of anilines is 3. The van der Waals surface area contributed by atoms with E-state index in [1.165, 1.54) is 0 Å². The van der Waals surface area contributed by atoms with Gasteiger partial charge in [0.15, 0.2) is 0 Å². The van der Waals surface area contributed by atoms with Crippen molar-refractivity contribution < 1.29 is 14.3 Å². The van der Waals surface area contributed by atoms with E-state index >= 15 is 0 Å². The Morgan fingerprint density at radius 1 is 1.03 bits per heavy atom. The number of morpholine rings is 1. The van der Waals surface area contributed by atoms with Crippen LogP contribution in [0.5, 0.6) is 0 Å². The predicted octanol–water partition coefficient (Wildman–Crippen LogP) is 2.76. The average molecular weight is 402 g/mol. The molecule has 1 fully saturated rings. The molecule has 3 aliphatic rings. The van der Waals surface area contributed by atoms with Crippen molar-refractivity contribution in [3.05, 3.63) is 65.4 Å². The number of carbonyl (C=O) groups is 2. The maximum atomic E-state index is 12.5. The summed E-state index contributed by atoms with van der Waals surface area (Å²) in [5.41, 5.74) is 5.70. The molecule has 0 aliphatic carbocycles. The smallest absolute Gasteiger partial charge is 0.258 e. The van der Waals surface area contributed by atoms with E-state index in [0.717, 1.165) is 47.0 Å². The molecule has 3 N–H and O–H groups in total. The van der Waals surface area contributed by atoms with Crippen molar-refractivity contribution in [3.63, 3.8) is 0 Å². The molecular formula is C23H22N4O3. The Hall–Kier alpha value is -3.42. The number of nitrogens with one attached hydrogen (secondary N) is 3. The quantitative estimate of drug-likeness (QED) is 0.688. The predicted molar refractivity (Wildman–Crippen MR) is 117 cm³/mol. The number of amides is 2. The van der Waals surface area contributed by atoms with Gasteiger partial charge in [0.2, 0.25) is 5.91 Å². The van der Waals surface area contributed by atoms with Gasteiger partial charge in [-0.2, -0.15) is 0 Å². The van der Waals surface area contributed by atoms with Crippen LogP contribution in [0.25, 0.3) is 11.6 Å². The third kappa shape index (κ3) is 3.60. The molecule has 1 saturated heterocycles. The van der Waals surface area contributed by atoms with Crippen LogP contribution in [0.3, 0.4) is 0 Å². The van der Waals surface area contributed by atoms with Crippen LogP contribution < -0.4 is 16.0 Å². The maximum Gasteiger partial charge on any atom is 0.258 e. The van der Waals surface area contributed by atoms with Crippen LogP contribution >= 0.6 is 0 Å². The van der Waals surface area contributed by atoms with E-state index in [2.05, 4.69) is 20.9 Å². The van der Waals surface area contributed by atoms with Gasteiger partial charge in [0.05, 0.1) is 31.0 Å². The number of hydrogen-bond donors (Lipinski definition) is 3. The number of nitrogens with zero attached hydrogens (tertiary/aromatic N) is 1. The fraction of sp³-hybridized carbons (Fsp3) is 0.217. The van der Waals surface area contributed by atoms with Crippen molar-refractivity contribution in [1.29, 1.82) is 0 Å². The largest absolute Gasteiger partial charge is 0.379 e. The van der Waals surface area contributed by atoms with Crippen LogP contribution in [0.15, 0.2) is 54.2 Å². The third-order valence-corrected chi connectivity index (χ3v) is 5.45. The highest BCUT2D eigenvalue weighted by Gasteiger charge is 2.27. The van der Waals surface area contributed by atoms with Gasteiger partial charge in [-0.05, 0) is 30.3 Å². The SMILES string of the molecule is O=C(CN1CCOCC1)Nc1ccc2c(c1)C=CC(=C1C(=O)Nc3ccccc31)N2. The molecule has 0 bridgehead atoms. The summed E-state index contributed by atoms with van der Waals surface area (Å²) in [6.45, 7) is 3.25. The molecule has 0 atom stereocenters. The van der Waals surface area contributed by atoms with Crippen molar-refractivity contribution >= 4 is 40.5 Å². The van der Waals surface area contributed by atoms with Gasteiger partial charge in [0.1, 0.15) is 0 Å². The Bertz CT molecular complexity index is 1080. The molecular weight excluding hydrogens is 380 g/mol. The van der Waals surface area contributed by atoms with Crippen LogP contribution in [0.1, 0.15) is 11.1 Å². The molecule has 30 heavy (non-hydrogen) atoms. The number of allylic oxidation sites excluding steroid dienone is 1. The molecule has 7 heteroatoms. The topological polar surface area (TPSA) is 82.7 Å². The number of para-hydroxylation sites is 1. The molecule has 3 heterocycles. The summed E-state index contributed by atoms with van der Waals surface area (Å²) in [6, 6.07) is 13.4. The summed E-state index contributed by atoms with van der Waals surface area (Å²) in [5.74, 6) is -0.148. The van der Waals surface area contributed by atoms with Crippen molar-refractivity contribution in [2.75, 3.05) is 48.8 Å². The first-order valence-corrected chi connectivity index (χ1v) is 10.0. The number of benzene rings is 2. The standard InChI is InChI=1S/C23H22N4O3/c28-21(14-27-9-11-30-12-10-27)24-16-6-8-18-15(13-16)5-7-20(25-18)22-17-3-1-2-4-19(17)26-23(22)29/h1-8,13,25H,9-12,14H2,(H,24,28)(H,26,29). The second-order valence-electron chi connectivity index (χ2n) is 7.49. The highest BCUT2D eigenvalue weighted by Crippen LogP contribution is 2.37. The van der Waals surface area contributed by atoms with Gasteiger partial charge in [-0.25, -0.2) is 0 Å². The van der Waals surface area contributed by atoms with Gasteiger partial charge in [0, 0.05) is 41.3 Å². The number of fused-ring (bicyclic) bond motifs is 2. The zero-order valence-corrected chi connectivity index (χ0v) is 16.4. The fourth-order valence-electron chi connectivity index (χ4n) is 3.95. The minimum absolute atomic E-state index is 0.0355. The summed E-state index contributed by atoms with van der Waals surface area (Å²) < 4.78 is 5.32. The minimum atomic E-state index is -0.112. The molecule has 0 aromatic heterocycles. The molecule has 0 spiro atoms. The second kappa shape index (κ2) is 7.78. The summed E-state index contributed by atoms with van der Waals surface area (Å²) in [7, 11) is 0. The van der Waals surface area contributed by atoms with Crippen LogP contribution in [0.2, 0.25) is 0 Å². The third-order valence-electron chi connectivity index (χ3n) is 5.45. The average Bonchev–Trinajstić information content (AvgIpc) is 3.09. The van der Waals surface area contributed by atoms with Gasteiger partial charge in [0.25, 0.3) is 5.91 Å². The van der Waals surface area contributed by atoms with Gasteiger partial charge < -0.3 is 20.7 Å². The van der Waals surface area contributed by atoms with Gasteiger partial charge in [-0.1, -0.05) is 24.3 Å². The molecule has 0 saturated carbocycles. The van der Waals surface area contributed by atoms with E-state index < -0.39 is 0 Å². The van der Waals surface area contributed by atoms with Crippen LogP contribution in [-0.4, -0.2) is 49.6 Å². The lowest BCUT2D eigenvalue weighted by molar-refractivity contribution is -0.118. The molecule has 2 aromatic rings. The Kier molecular flexibility index (Phi) is 4.82. The summed E-state index contributed by atoms with van der Waals surface area (Å²) in [5, 5.41) is 9.22. The first-order valence-electron chi connectivity index (χ1n) is 10.0. The highest BCUT2D eigenvalue weighted by atomic mass is 16.5. The van der Waals surface area contributed by atoms with Gasteiger partial charge in [-0.3, -0.25) is 14.5 Å². The molecule has 7 nitrogen and oxygen atoms in total. The number of ether oxygens (including phenoxy) is 1. The first kappa shape index (κ1) is 18.6. The fourth-order valence-corrected chi connectivity index (χ4v) is 3.95. The minimum Gasteiger partial charge on any atom is -0.379 e. The Balaban J connectivity index is 1.33. The monoisotopic (exact) mass is 402 g/mol. The Morgan fingerprint density at radius 2 is 1.87 bits per heavy atom. The summed E-state index contributed by atoms with van der Waals surface area (Å²) in [6.07, 6.45) is 3.86. The Morgan fingerprint density at radius 3 is 2.73 bits per heavy atom. The van der Waals surface area contributed by atoms with Crippen LogP contribution in [0.4, 0.5) is 17.1 Å². The zero-order chi connectivity index (χ0) is 20.5. The molecule has 2 amide bonds. The lowest BCUT2D eigenvalue weighted by Gasteiger charge is -2.25. The first-order chi connectivity index (χ1) is 14.7. The molecule has 5 rings (SSSR count). The zero-order valence-electron chi connectivity index (χ0n) is 16.4. The summed E-state index contributed by atoms with van der Waals surface area (Å²) >= 11 is 0. The Labute approximate surface area is 174 Å². The lowest BCUT2D eigenvalue weighted by atomic mass is 10.0. The van der Waals surface area contributed by atoms with Crippen molar-refractivity contribution in [2.24, 2.45) is 0 Å². The number of rotatable bonds is 3. The lowest BCUT2D eigenvalue weighted by Crippen LogP contribution is -2.41.